The third-order valence-corrected chi connectivity index (χ3v) is 2.85. The van der Waals surface area contributed by atoms with E-state index in [-0.39, 0.29) is 6.10 Å². The second-order valence-electron chi connectivity index (χ2n) is 3.83. The van der Waals surface area contributed by atoms with Crippen molar-refractivity contribution in [2.75, 3.05) is 12.3 Å². The lowest BCUT2D eigenvalue weighted by molar-refractivity contribution is 0.0683. The van der Waals surface area contributed by atoms with Gasteiger partial charge in [-0.1, -0.05) is 21.1 Å². The monoisotopic (exact) mass is 311 g/mol. The van der Waals surface area contributed by atoms with E-state index in [1.54, 1.807) is 6.07 Å². The molecule has 0 saturated carbocycles. The minimum absolute atomic E-state index is 0.183. The minimum atomic E-state index is -0.183. The molecule has 0 aliphatic carbocycles. The van der Waals surface area contributed by atoms with Crippen molar-refractivity contribution in [3.63, 3.8) is 0 Å². The molecule has 1 unspecified atom stereocenters. The molecule has 2 rings (SSSR count). The number of rotatable bonds is 4. The summed E-state index contributed by atoms with van der Waals surface area (Å²) in [4.78, 5) is 4.30. The molecule has 0 aliphatic heterocycles. The van der Waals surface area contributed by atoms with E-state index in [1.165, 1.54) is 0 Å². The molecule has 2 aromatic rings. The quantitative estimate of drug-likeness (QED) is 0.878. The molecular weight excluding hydrogens is 298 g/mol. The molecule has 0 bridgehead atoms. The summed E-state index contributed by atoms with van der Waals surface area (Å²) in [5, 5.41) is 3.90. The van der Waals surface area contributed by atoms with Crippen LogP contribution in [0, 0.1) is 0 Å². The number of benzene rings is 1. The number of anilines is 1. The van der Waals surface area contributed by atoms with E-state index >= 15 is 0 Å². The van der Waals surface area contributed by atoms with Crippen LogP contribution >= 0.6 is 15.9 Å². The Kier molecular flexibility index (Phi) is 3.98. The fourth-order valence-electron chi connectivity index (χ4n) is 1.58. The summed E-state index contributed by atoms with van der Waals surface area (Å²) < 4.78 is 11.5. The maximum absolute atomic E-state index is 5.77. The number of hydrogen-bond donors (Lipinski definition) is 1. The van der Waals surface area contributed by atoms with Crippen LogP contribution in [0.3, 0.4) is 0 Å². The fraction of sp³-hybridized carbons (Fsp3) is 0.333. The van der Waals surface area contributed by atoms with Gasteiger partial charge in [-0.2, -0.15) is 4.98 Å². The Bertz CT molecular complexity index is 522. The highest BCUT2D eigenvalue weighted by Gasteiger charge is 2.15. The molecule has 1 heterocycles. The highest BCUT2D eigenvalue weighted by Crippen LogP contribution is 2.26. The normalized spacial score (nSPS) is 12.6. The molecule has 0 saturated heterocycles. The van der Waals surface area contributed by atoms with Gasteiger partial charge in [0.25, 0.3) is 5.89 Å². The third kappa shape index (κ3) is 2.88. The molecule has 1 aromatic carbocycles. The third-order valence-electron chi connectivity index (χ3n) is 2.39. The molecule has 0 fully saturated rings. The highest BCUT2D eigenvalue weighted by atomic mass is 79.9. The smallest absolute Gasteiger partial charge is 0.258 e. The number of nitrogen functional groups attached to an aromatic ring is 1. The molecule has 2 N–H and O–H groups in total. The maximum atomic E-state index is 5.77. The van der Waals surface area contributed by atoms with Gasteiger partial charge in [0, 0.05) is 22.3 Å². The Morgan fingerprint density at radius 1 is 1.44 bits per heavy atom. The highest BCUT2D eigenvalue weighted by molar-refractivity contribution is 9.10. The first-order valence-corrected chi connectivity index (χ1v) is 6.41. The van der Waals surface area contributed by atoms with E-state index in [1.807, 2.05) is 26.0 Å². The van der Waals surface area contributed by atoms with Gasteiger partial charge in [0.15, 0.2) is 0 Å². The zero-order chi connectivity index (χ0) is 13.1. The van der Waals surface area contributed by atoms with Crippen LogP contribution in [0.1, 0.15) is 25.8 Å². The van der Waals surface area contributed by atoms with E-state index in [4.69, 9.17) is 15.0 Å². The van der Waals surface area contributed by atoms with Crippen molar-refractivity contribution in [1.82, 2.24) is 10.1 Å². The summed E-state index contributed by atoms with van der Waals surface area (Å²) in [5.74, 6) is 0.968. The fourth-order valence-corrected chi connectivity index (χ4v) is 2.09. The second kappa shape index (κ2) is 5.49. The molecule has 18 heavy (non-hydrogen) atoms. The van der Waals surface area contributed by atoms with Gasteiger partial charge in [0.1, 0.15) is 6.10 Å². The lowest BCUT2D eigenvalue weighted by Crippen LogP contribution is -2.01. The molecule has 96 valence electrons. The molecule has 0 amide bonds. The number of nitrogens with two attached hydrogens (primary N) is 1. The van der Waals surface area contributed by atoms with Gasteiger partial charge in [0.2, 0.25) is 5.82 Å². The van der Waals surface area contributed by atoms with Crippen molar-refractivity contribution < 1.29 is 9.26 Å². The molecule has 0 radical (unpaired) electrons. The average molecular weight is 312 g/mol. The van der Waals surface area contributed by atoms with Gasteiger partial charge in [-0.25, -0.2) is 0 Å². The van der Waals surface area contributed by atoms with Crippen LogP contribution in [0.25, 0.3) is 11.5 Å². The number of aromatic nitrogens is 2. The molecule has 5 nitrogen and oxygen atoms in total. The van der Waals surface area contributed by atoms with Gasteiger partial charge in [0.05, 0.1) is 0 Å². The molecule has 0 aliphatic rings. The Morgan fingerprint density at radius 3 is 2.89 bits per heavy atom. The number of ether oxygens (including phenoxy) is 1. The molecule has 0 spiro atoms. The SMILES string of the molecule is CCOC(C)c1noc(-c2cc(N)cc(Br)c2)n1. The van der Waals surface area contributed by atoms with E-state index < -0.39 is 0 Å². The van der Waals surface area contributed by atoms with Crippen molar-refractivity contribution in [2.45, 2.75) is 20.0 Å². The van der Waals surface area contributed by atoms with Crippen LogP contribution in [0.2, 0.25) is 0 Å². The zero-order valence-electron chi connectivity index (χ0n) is 10.2. The van der Waals surface area contributed by atoms with Crippen molar-refractivity contribution in [2.24, 2.45) is 0 Å². The number of halogens is 1. The van der Waals surface area contributed by atoms with Crippen LogP contribution in [-0.2, 0) is 4.74 Å². The molecule has 1 aromatic heterocycles. The Labute approximate surface area is 113 Å². The van der Waals surface area contributed by atoms with Crippen LogP contribution in [0.5, 0.6) is 0 Å². The first-order valence-electron chi connectivity index (χ1n) is 5.61. The summed E-state index contributed by atoms with van der Waals surface area (Å²) in [6.45, 7) is 4.41. The predicted octanol–water partition coefficient (Wildman–Crippen LogP) is 3.18. The maximum Gasteiger partial charge on any atom is 0.258 e. The van der Waals surface area contributed by atoms with Crippen LogP contribution < -0.4 is 5.73 Å². The topological polar surface area (TPSA) is 74.2 Å². The Hall–Kier alpha value is -1.40. The van der Waals surface area contributed by atoms with Crippen LogP contribution in [-0.4, -0.2) is 16.7 Å². The van der Waals surface area contributed by atoms with E-state index in [9.17, 15) is 0 Å². The van der Waals surface area contributed by atoms with Crippen molar-refractivity contribution in [1.29, 1.82) is 0 Å². The predicted molar refractivity (Wildman–Crippen MR) is 71.9 cm³/mol. The first kappa shape index (κ1) is 13.0. The van der Waals surface area contributed by atoms with Gasteiger partial charge in [-0.3, -0.25) is 0 Å². The summed E-state index contributed by atoms with van der Waals surface area (Å²) in [6.07, 6.45) is -0.183. The molecule has 6 heteroatoms. The second-order valence-corrected chi connectivity index (χ2v) is 4.74. The Morgan fingerprint density at radius 2 is 2.22 bits per heavy atom. The van der Waals surface area contributed by atoms with E-state index in [2.05, 4.69) is 26.1 Å². The molecule has 1 atom stereocenters. The summed E-state index contributed by atoms with van der Waals surface area (Å²) in [6, 6.07) is 5.47. The number of nitrogens with zero attached hydrogens (tertiary/aromatic N) is 2. The number of hydrogen-bond acceptors (Lipinski definition) is 5. The largest absolute Gasteiger partial charge is 0.399 e. The van der Waals surface area contributed by atoms with Gasteiger partial charge in [-0.15, -0.1) is 0 Å². The zero-order valence-corrected chi connectivity index (χ0v) is 11.8. The van der Waals surface area contributed by atoms with Crippen LogP contribution in [0.4, 0.5) is 5.69 Å². The van der Waals surface area contributed by atoms with Gasteiger partial charge < -0.3 is 15.0 Å². The molecular formula is C12H14BrN3O2. The van der Waals surface area contributed by atoms with Gasteiger partial charge in [-0.05, 0) is 32.0 Å². The summed E-state index contributed by atoms with van der Waals surface area (Å²) in [5.41, 5.74) is 7.18. The lowest BCUT2D eigenvalue weighted by atomic mass is 10.2. The van der Waals surface area contributed by atoms with E-state index in [0.717, 1.165) is 10.0 Å². The summed E-state index contributed by atoms with van der Waals surface area (Å²) >= 11 is 3.38. The van der Waals surface area contributed by atoms with Crippen LogP contribution in [0.15, 0.2) is 27.2 Å². The summed E-state index contributed by atoms with van der Waals surface area (Å²) in [7, 11) is 0. The van der Waals surface area contributed by atoms with Crippen molar-refractivity contribution in [3.8, 4) is 11.5 Å². The van der Waals surface area contributed by atoms with Crippen molar-refractivity contribution in [3.05, 3.63) is 28.5 Å². The minimum Gasteiger partial charge on any atom is -0.399 e. The van der Waals surface area contributed by atoms with Gasteiger partial charge >= 0.3 is 0 Å². The standard InChI is InChI=1S/C12H14BrN3O2/c1-3-17-7(2)11-15-12(18-16-11)8-4-9(13)6-10(14)5-8/h4-7H,3,14H2,1-2H3. The van der Waals surface area contributed by atoms with Crippen molar-refractivity contribution >= 4 is 21.6 Å². The average Bonchev–Trinajstić information content (AvgIpc) is 2.77. The first-order chi connectivity index (χ1) is 8.60. The Balaban J connectivity index is 2.29. The lowest BCUT2D eigenvalue weighted by Gasteiger charge is -2.04. The van der Waals surface area contributed by atoms with E-state index in [0.29, 0.717) is 24.0 Å².